The molecule has 6 aliphatic heterocycles. The van der Waals surface area contributed by atoms with E-state index in [2.05, 4.69) is 4.99 Å². The van der Waals surface area contributed by atoms with E-state index in [1.807, 2.05) is 47.4 Å². The number of aliphatic imine (C=N–C) groups is 1. The Morgan fingerprint density at radius 1 is 1.06 bits per heavy atom. The molecular weight excluding hydrogens is 837 g/mol. The van der Waals surface area contributed by atoms with Crippen LogP contribution in [-0.2, 0) is 38.4 Å². The van der Waals surface area contributed by atoms with E-state index in [-0.39, 0.29) is 45.0 Å². The number of carbonyl (C=O) groups excluding carboxylic acids is 1. The highest BCUT2D eigenvalue weighted by Crippen LogP contribution is 2.60. The normalized spacial score (nSPS) is 27.7. The lowest BCUT2D eigenvalue weighted by atomic mass is 9.78. The van der Waals surface area contributed by atoms with Crippen molar-refractivity contribution in [1.29, 1.82) is 0 Å². The Hall–Kier alpha value is -5.77. The number of aliphatic hydroxyl groups is 5. The molecule has 1 fully saturated rings. The van der Waals surface area contributed by atoms with Crippen molar-refractivity contribution < 1.29 is 73.4 Å². The van der Waals surface area contributed by atoms with Crippen LogP contribution in [0, 0.1) is 0 Å². The molecule has 0 spiro atoms. The fraction of sp³-hybridized carbons (Fsp3) is 0.444. The van der Waals surface area contributed by atoms with Gasteiger partial charge in [0.1, 0.15) is 55.0 Å². The number of hydrogen-bond acceptors (Lipinski definition) is 18. The summed E-state index contributed by atoms with van der Waals surface area (Å²) in [6.45, 7) is 0.00273. The van der Waals surface area contributed by atoms with Crippen molar-refractivity contribution in [3.63, 3.8) is 0 Å². The largest absolute Gasteiger partial charge is 0.493 e. The van der Waals surface area contributed by atoms with Crippen LogP contribution in [0.15, 0.2) is 76.6 Å². The van der Waals surface area contributed by atoms with Crippen LogP contribution >= 0.6 is 0 Å². The van der Waals surface area contributed by atoms with Gasteiger partial charge in [0.25, 0.3) is 0 Å². The van der Waals surface area contributed by atoms with Crippen LogP contribution in [-0.4, -0.2) is 136 Å². The van der Waals surface area contributed by atoms with Crippen LogP contribution in [0.3, 0.4) is 0 Å². The van der Waals surface area contributed by atoms with Crippen LogP contribution < -0.4 is 35.2 Å². The second-order valence-corrected chi connectivity index (χ2v) is 16.6. The molecule has 0 radical (unpaired) electrons. The quantitative estimate of drug-likeness (QED) is 0.0620. The van der Waals surface area contributed by atoms with E-state index in [4.69, 9.17) is 49.7 Å². The Bertz CT molecular complexity index is 2410. The summed E-state index contributed by atoms with van der Waals surface area (Å²) >= 11 is 0. The van der Waals surface area contributed by atoms with Gasteiger partial charge < -0.3 is 80.2 Å². The zero-order valence-electron chi connectivity index (χ0n) is 34.7. The van der Waals surface area contributed by atoms with Gasteiger partial charge >= 0.3 is 11.9 Å². The minimum atomic E-state index is -2.27. The first kappa shape index (κ1) is 43.5. The number of allylic oxidation sites excluding steroid dienone is 1. The van der Waals surface area contributed by atoms with Gasteiger partial charge in [0, 0.05) is 54.1 Å². The van der Waals surface area contributed by atoms with Gasteiger partial charge in [0.15, 0.2) is 23.2 Å². The highest BCUT2D eigenvalue weighted by Gasteiger charge is 2.60. The predicted molar refractivity (Wildman–Crippen MR) is 223 cm³/mol. The van der Waals surface area contributed by atoms with Crippen molar-refractivity contribution >= 4 is 18.2 Å². The smallest absolute Gasteiger partial charge is 0.317 e. The Morgan fingerprint density at radius 2 is 1.86 bits per heavy atom. The number of carbonyl (C=O) groups is 2. The second kappa shape index (κ2) is 17.3. The number of hydrogen-bond donors (Lipinski definition) is 8. The van der Waals surface area contributed by atoms with Crippen molar-refractivity contribution in [2.75, 3.05) is 33.5 Å². The van der Waals surface area contributed by atoms with E-state index in [1.54, 1.807) is 18.3 Å². The number of nitrogens with two attached hydrogens (primary N) is 2. The van der Waals surface area contributed by atoms with Gasteiger partial charge in [-0.25, -0.2) is 0 Å². The van der Waals surface area contributed by atoms with Crippen LogP contribution in [0.5, 0.6) is 28.7 Å². The molecule has 0 amide bonds. The maximum atomic E-state index is 12.5. The minimum Gasteiger partial charge on any atom is -0.493 e. The maximum Gasteiger partial charge on any atom is 0.317 e. The molecule has 19 nitrogen and oxygen atoms in total. The first-order valence-corrected chi connectivity index (χ1v) is 21.0. The topological polar surface area (TPSA) is 288 Å². The lowest BCUT2D eigenvalue weighted by molar-refractivity contribution is -0.329. The zero-order chi connectivity index (χ0) is 45.0. The summed E-state index contributed by atoms with van der Waals surface area (Å²) in [5.74, 6) is -1.39. The molecule has 6 heterocycles. The molecule has 9 rings (SSSR count). The molecule has 0 aromatic heterocycles. The third kappa shape index (κ3) is 7.50. The van der Waals surface area contributed by atoms with Crippen molar-refractivity contribution in [3.05, 3.63) is 99.4 Å². The van der Waals surface area contributed by atoms with Crippen molar-refractivity contribution in [2.24, 2.45) is 16.5 Å². The standard InChI is InChI=1S/C45H50N4O15/c1-58-27-8-7-24-33-29(15-21-5-3-2-4-6-21)60-30-16-28-23(9-11-45(57)42(56)36(55)40(64-44(45)61-28)41(43(46)47)62-32(54)17-31(52)53)25(19-49-18-22-10-12-48-35(22)26(49)20-51)34(30)39(33)63-37(24)38(27)59-14-13-50/h2-8,10,12,16,29,33,36,39-44,50-51,55-57H,9,11,13-15,17-20,46-47H2,1H3,(H,52,53)/t29-,33-,36-,39-,40+,41+,42+,44-,45-/m1/s1. The van der Waals surface area contributed by atoms with Gasteiger partial charge in [0.05, 0.1) is 43.8 Å². The Kier molecular flexibility index (Phi) is 11.8. The molecule has 0 bridgehead atoms. The highest BCUT2D eigenvalue weighted by atomic mass is 16.7. The summed E-state index contributed by atoms with van der Waals surface area (Å²) in [4.78, 5) is 30.3. The van der Waals surface area contributed by atoms with Crippen LogP contribution in [0.2, 0.25) is 0 Å². The summed E-state index contributed by atoms with van der Waals surface area (Å²) in [6, 6.07) is 15.2. The highest BCUT2D eigenvalue weighted by molar-refractivity contribution is 5.90. The Balaban J connectivity index is 1.18. The van der Waals surface area contributed by atoms with Gasteiger partial charge in [0.2, 0.25) is 12.0 Å². The predicted octanol–water partition coefficient (Wildman–Crippen LogP) is 0.450. The second-order valence-electron chi connectivity index (χ2n) is 16.6. The number of nitrogens with zero attached hydrogens (tertiary/aromatic N) is 2. The number of methoxy groups -OCH3 is 1. The first-order valence-electron chi connectivity index (χ1n) is 21.0. The average molecular weight is 887 g/mol. The van der Waals surface area contributed by atoms with E-state index in [9.17, 15) is 35.1 Å². The minimum absolute atomic E-state index is 0.0235. The SMILES string of the molecule is COc1ccc2c(c1OCCO)O[C@H]1c3c(cc4c(c3CN3CC5=CC=NC5=C3CO)CC[C@]3(O)[C@H](O4)O[C@H]([C@H](OC(=O)CC(=O)O)C(N)N)[C@@H](O)[C@@H]3O)O[C@H](Cc3ccccc3)[C@@H]21. The molecule has 64 heavy (non-hydrogen) atoms. The van der Waals surface area contributed by atoms with Crippen LogP contribution in [0.4, 0.5) is 0 Å². The fourth-order valence-corrected chi connectivity index (χ4v) is 9.81. The number of aliphatic carboxylic acids is 1. The zero-order valence-corrected chi connectivity index (χ0v) is 34.7. The summed E-state index contributed by atoms with van der Waals surface area (Å²) in [5.41, 5.74) is 15.6. The summed E-state index contributed by atoms with van der Waals surface area (Å²) in [7, 11) is 1.52. The fourth-order valence-electron chi connectivity index (χ4n) is 9.81. The van der Waals surface area contributed by atoms with E-state index in [0.29, 0.717) is 64.0 Å². The molecule has 6 aliphatic rings. The third-order valence-corrected chi connectivity index (χ3v) is 12.8. The number of fused-ring (bicyclic) bond motifs is 8. The molecule has 10 N–H and O–H groups in total. The van der Waals surface area contributed by atoms with Crippen LogP contribution in [0.1, 0.15) is 52.7 Å². The first-order chi connectivity index (χ1) is 30.8. The van der Waals surface area contributed by atoms with Gasteiger partial charge in [-0.05, 0) is 36.1 Å². The lowest BCUT2D eigenvalue weighted by Crippen LogP contribution is -2.71. The van der Waals surface area contributed by atoms with Crippen molar-refractivity contribution in [2.45, 2.75) is 92.8 Å². The number of carboxylic acid groups (broad SMARTS) is 1. The van der Waals surface area contributed by atoms with Crippen molar-refractivity contribution in [1.82, 2.24) is 4.90 Å². The molecule has 340 valence electrons. The molecule has 1 saturated heterocycles. The number of benzene rings is 3. The number of rotatable bonds is 14. The third-order valence-electron chi connectivity index (χ3n) is 12.8. The summed E-state index contributed by atoms with van der Waals surface area (Å²) in [5, 5.41) is 65.1. The summed E-state index contributed by atoms with van der Waals surface area (Å²) < 4.78 is 43.9. The number of ether oxygens (including phenoxy) is 7. The molecule has 9 atom stereocenters. The molecule has 0 aliphatic carbocycles. The molecule has 19 heteroatoms. The van der Waals surface area contributed by atoms with Gasteiger partial charge in [-0.3, -0.25) is 14.6 Å². The van der Waals surface area contributed by atoms with E-state index in [1.165, 1.54) is 7.11 Å². The number of carboxylic acids is 1. The van der Waals surface area contributed by atoms with Gasteiger partial charge in [-0.2, -0.15) is 0 Å². The maximum absolute atomic E-state index is 12.5. The number of esters is 1. The molecule has 3 aromatic carbocycles. The molecular formula is C45H50N4O15. The Labute approximate surface area is 366 Å². The molecule has 0 unspecified atom stereocenters. The van der Waals surface area contributed by atoms with Gasteiger partial charge in [-0.1, -0.05) is 36.4 Å². The van der Waals surface area contributed by atoms with E-state index < -0.39 is 79.0 Å². The van der Waals surface area contributed by atoms with Crippen molar-refractivity contribution in [3.8, 4) is 28.7 Å². The number of aliphatic hydroxyl groups excluding tert-OH is 4. The van der Waals surface area contributed by atoms with Gasteiger partial charge in [-0.15, -0.1) is 0 Å². The molecule has 3 aromatic rings. The monoisotopic (exact) mass is 886 g/mol. The van der Waals surface area contributed by atoms with E-state index >= 15 is 0 Å². The van der Waals surface area contributed by atoms with Crippen LogP contribution in [0.25, 0.3) is 0 Å². The molecule has 0 saturated carbocycles. The lowest BCUT2D eigenvalue weighted by Gasteiger charge is -2.48. The van der Waals surface area contributed by atoms with E-state index in [0.717, 1.165) is 16.7 Å². The summed E-state index contributed by atoms with van der Waals surface area (Å²) in [6.07, 6.45) is -8.88. The Morgan fingerprint density at radius 3 is 2.58 bits per heavy atom. The average Bonchev–Trinajstić information content (AvgIpc) is 3.95.